The number of anilines is 2. The summed E-state index contributed by atoms with van der Waals surface area (Å²) in [6.45, 7) is 8.05. The van der Waals surface area contributed by atoms with Gasteiger partial charge in [0.05, 0.1) is 5.60 Å². The van der Waals surface area contributed by atoms with Crippen molar-refractivity contribution in [3.8, 4) is 0 Å². The molecule has 0 saturated heterocycles. The van der Waals surface area contributed by atoms with E-state index in [1.807, 2.05) is 51.1 Å². The number of benzene rings is 2. The van der Waals surface area contributed by atoms with Gasteiger partial charge >= 0.3 is 0 Å². The van der Waals surface area contributed by atoms with E-state index in [1.165, 1.54) is 16.7 Å². The van der Waals surface area contributed by atoms with Crippen LogP contribution >= 0.6 is 0 Å². The van der Waals surface area contributed by atoms with Crippen molar-refractivity contribution in [3.63, 3.8) is 0 Å². The Morgan fingerprint density at radius 3 is 2.59 bits per heavy atom. The highest BCUT2D eigenvalue weighted by molar-refractivity contribution is 5.52. The zero-order valence-corrected chi connectivity index (χ0v) is 17.3. The van der Waals surface area contributed by atoms with Crippen LogP contribution in [0.25, 0.3) is 0 Å². The van der Waals surface area contributed by atoms with Gasteiger partial charge < -0.3 is 15.3 Å². The lowest BCUT2D eigenvalue weighted by Crippen LogP contribution is -2.31. The number of nitrogens with one attached hydrogen (secondary N) is 1. The molecule has 0 aliphatic carbocycles. The molecule has 1 aromatic heterocycles. The zero-order chi connectivity index (χ0) is 20.4. The van der Waals surface area contributed by atoms with Crippen molar-refractivity contribution in [1.82, 2.24) is 9.97 Å². The number of hydrogen-bond acceptors (Lipinski definition) is 5. The van der Waals surface area contributed by atoms with E-state index in [9.17, 15) is 5.11 Å². The molecule has 0 radical (unpaired) electrons. The van der Waals surface area contributed by atoms with Crippen molar-refractivity contribution in [3.05, 3.63) is 82.7 Å². The van der Waals surface area contributed by atoms with E-state index < -0.39 is 5.60 Å². The Kier molecular flexibility index (Phi) is 5.24. The molecule has 1 aliphatic heterocycles. The van der Waals surface area contributed by atoms with Crippen molar-refractivity contribution < 1.29 is 5.11 Å². The second kappa shape index (κ2) is 7.84. The summed E-state index contributed by atoms with van der Waals surface area (Å²) in [5.74, 6) is 2.56. The van der Waals surface area contributed by atoms with Gasteiger partial charge in [0.25, 0.3) is 0 Å². The van der Waals surface area contributed by atoms with Gasteiger partial charge in [-0.05, 0) is 49.4 Å². The van der Waals surface area contributed by atoms with Gasteiger partial charge in [-0.15, -0.1) is 0 Å². The Morgan fingerprint density at radius 1 is 1.03 bits per heavy atom. The van der Waals surface area contributed by atoms with E-state index in [-0.39, 0.29) is 0 Å². The standard InChI is InChI=1S/C24H28N4O/c1-17-26-22(25-15-18-7-5-4-6-8-18)14-23(27-17)28-12-11-19-13-21(24(2,3)29)10-9-20(19)16-28/h4-10,13-14,29H,11-12,15-16H2,1-3H3,(H,25,26,27). The molecule has 2 aromatic carbocycles. The van der Waals surface area contributed by atoms with E-state index in [4.69, 9.17) is 0 Å². The summed E-state index contributed by atoms with van der Waals surface area (Å²) in [5.41, 5.74) is 3.98. The molecule has 0 spiro atoms. The molecule has 1 aliphatic rings. The molecule has 0 unspecified atom stereocenters. The van der Waals surface area contributed by atoms with Crippen LogP contribution in [0, 0.1) is 6.92 Å². The molecule has 0 saturated carbocycles. The highest BCUT2D eigenvalue weighted by atomic mass is 16.3. The Bertz CT molecular complexity index is 996. The lowest BCUT2D eigenvalue weighted by Gasteiger charge is -2.31. The van der Waals surface area contributed by atoms with E-state index in [2.05, 4.69) is 44.5 Å². The molecule has 2 N–H and O–H groups in total. The summed E-state index contributed by atoms with van der Waals surface area (Å²) in [7, 11) is 0. The molecule has 0 amide bonds. The lowest BCUT2D eigenvalue weighted by atomic mass is 9.91. The molecule has 2 heterocycles. The predicted molar refractivity (Wildman–Crippen MR) is 117 cm³/mol. The molecule has 5 heteroatoms. The third kappa shape index (κ3) is 4.57. The van der Waals surface area contributed by atoms with E-state index in [0.717, 1.165) is 49.1 Å². The number of hydrogen-bond donors (Lipinski definition) is 2. The second-order valence-corrected chi connectivity index (χ2v) is 8.21. The Morgan fingerprint density at radius 2 is 1.83 bits per heavy atom. The number of aliphatic hydroxyl groups is 1. The van der Waals surface area contributed by atoms with Gasteiger partial charge in [0.15, 0.2) is 0 Å². The first-order valence-electron chi connectivity index (χ1n) is 10.1. The fourth-order valence-corrected chi connectivity index (χ4v) is 3.72. The first kappa shape index (κ1) is 19.4. The van der Waals surface area contributed by atoms with E-state index >= 15 is 0 Å². The first-order valence-corrected chi connectivity index (χ1v) is 10.1. The quantitative estimate of drug-likeness (QED) is 0.686. The van der Waals surface area contributed by atoms with Crippen LogP contribution in [0.3, 0.4) is 0 Å². The maximum absolute atomic E-state index is 10.3. The average Bonchev–Trinajstić information content (AvgIpc) is 2.71. The number of aryl methyl sites for hydroxylation is 1. The fraction of sp³-hybridized carbons (Fsp3) is 0.333. The van der Waals surface area contributed by atoms with Crippen LogP contribution in [-0.4, -0.2) is 21.6 Å². The molecule has 0 bridgehead atoms. The predicted octanol–water partition coefficient (Wildman–Crippen LogP) is 4.19. The summed E-state index contributed by atoms with van der Waals surface area (Å²) < 4.78 is 0. The molecule has 4 rings (SSSR count). The SMILES string of the molecule is Cc1nc(NCc2ccccc2)cc(N2CCc3cc(C(C)(C)O)ccc3C2)n1. The molecular formula is C24H28N4O. The molecule has 150 valence electrons. The van der Waals surface area contributed by atoms with Gasteiger partial charge in [0, 0.05) is 25.7 Å². The molecular weight excluding hydrogens is 360 g/mol. The van der Waals surface area contributed by atoms with Crippen LogP contribution in [0.1, 0.15) is 41.9 Å². The molecule has 0 atom stereocenters. The van der Waals surface area contributed by atoms with Gasteiger partial charge in [0.1, 0.15) is 17.5 Å². The maximum Gasteiger partial charge on any atom is 0.134 e. The van der Waals surface area contributed by atoms with Crippen molar-refractivity contribution in [2.45, 2.75) is 45.9 Å². The molecule has 3 aromatic rings. The smallest absolute Gasteiger partial charge is 0.134 e. The lowest BCUT2D eigenvalue weighted by molar-refractivity contribution is 0.0785. The van der Waals surface area contributed by atoms with Crippen LogP contribution in [0.15, 0.2) is 54.6 Å². The van der Waals surface area contributed by atoms with Crippen LogP contribution in [0.4, 0.5) is 11.6 Å². The van der Waals surface area contributed by atoms with E-state index in [0.29, 0.717) is 0 Å². The van der Waals surface area contributed by atoms with Crippen molar-refractivity contribution >= 4 is 11.6 Å². The molecule has 29 heavy (non-hydrogen) atoms. The van der Waals surface area contributed by atoms with Crippen LogP contribution in [0.5, 0.6) is 0 Å². The van der Waals surface area contributed by atoms with Gasteiger partial charge in [-0.1, -0.05) is 48.5 Å². The van der Waals surface area contributed by atoms with Crippen LogP contribution in [0.2, 0.25) is 0 Å². The largest absolute Gasteiger partial charge is 0.386 e. The highest BCUT2D eigenvalue weighted by Gasteiger charge is 2.22. The van der Waals surface area contributed by atoms with Crippen LogP contribution in [-0.2, 0) is 25.1 Å². The highest BCUT2D eigenvalue weighted by Crippen LogP contribution is 2.28. The fourth-order valence-electron chi connectivity index (χ4n) is 3.72. The summed E-state index contributed by atoms with van der Waals surface area (Å²) in [6, 6.07) is 18.7. The number of fused-ring (bicyclic) bond motifs is 1. The summed E-state index contributed by atoms with van der Waals surface area (Å²) in [4.78, 5) is 11.5. The van der Waals surface area contributed by atoms with Crippen LogP contribution < -0.4 is 10.2 Å². The van der Waals surface area contributed by atoms with Crippen molar-refractivity contribution in [2.75, 3.05) is 16.8 Å². The maximum atomic E-state index is 10.3. The minimum atomic E-state index is -0.810. The Hall–Kier alpha value is -2.92. The zero-order valence-electron chi connectivity index (χ0n) is 17.3. The Balaban J connectivity index is 1.51. The molecule has 0 fully saturated rings. The van der Waals surface area contributed by atoms with Crippen molar-refractivity contribution in [1.29, 1.82) is 0 Å². The second-order valence-electron chi connectivity index (χ2n) is 8.21. The summed E-state index contributed by atoms with van der Waals surface area (Å²) in [5, 5.41) is 13.7. The third-order valence-corrected chi connectivity index (χ3v) is 5.39. The summed E-state index contributed by atoms with van der Waals surface area (Å²) in [6.07, 6.45) is 0.940. The third-order valence-electron chi connectivity index (χ3n) is 5.39. The van der Waals surface area contributed by atoms with E-state index in [1.54, 1.807) is 0 Å². The van der Waals surface area contributed by atoms with Crippen molar-refractivity contribution in [2.24, 2.45) is 0 Å². The number of nitrogens with zero attached hydrogens (tertiary/aromatic N) is 3. The minimum absolute atomic E-state index is 0.735. The average molecular weight is 389 g/mol. The molecule has 5 nitrogen and oxygen atoms in total. The summed E-state index contributed by atoms with van der Waals surface area (Å²) >= 11 is 0. The number of rotatable bonds is 5. The van der Waals surface area contributed by atoms with Gasteiger partial charge in [-0.25, -0.2) is 9.97 Å². The first-order chi connectivity index (χ1) is 13.9. The minimum Gasteiger partial charge on any atom is -0.386 e. The monoisotopic (exact) mass is 388 g/mol. The topological polar surface area (TPSA) is 61.3 Å². The normalized spacial score (nSPS) is 13.9. The van der Waals surface area contributed by atoms with Gasteiger partial charge in [-0.3, -0.25) is 0 Å². The number of aromatic nitrogens is 2. The van der Waals surface area contributed by atoms with Gasteiger partial charge in [-0.2, -0.15) is 0 Å². The Labute approximate surface area is 172 Å². The van der Waals surface area contributed by atoms with Gasteiger partial charge in [0.2, 0.25) is 0 Å².